The number of hydrogen-bond acceptors (Lipinski definition) is 5. The molecule has 1 saturated heterocycles. The number of carbonyl (C=O) groups is 1. The van der Waals surface area contributed by atoms with Crippen LogP contribution in [0.1, 0.15) is 6.42 Å². The van der Waals surface area contributed by atoms with Gasteiger partial charge in [0.1, 0.15) is 5.82 Å². The predicted octanol–water partition coefficient (Wildman–Crippen LogP) is 2.46. The molecule has 2 aromatic rings. The lowest BCUT2D eigenvalue weighted by Gasteiger charge is -2.28. The molecule has 0 radical (unpaired) electrons. The smallest absolute Gasteiger partial charge is 0.228 e. The summed E-state index contributed by atoms with van der Waals surface area (Å²) in [5, 5.41) is 2.71. The number of benzene rings is 1. The van der Waals surface area contributed by atoms with Crippen molar-refractivity contribution in [2.75, 3.05) is 43.1 Å². The number of nitrogens with one attached hydrogen (secondary N) is 1. The molecule has 2 heterocycles. The van der Waals surface area contributed by atoms with E-state index in [4.69, 9.17) is 9.47 Å². The largest absolute Gasteiger partial charge is 0.490 e. The molecule has 1 N–H and O–H groups in total. The third-order valence-electron chi connectivity index (χ3n) is 3.81. The van der Waals surface area contributed by atoms with Gasteiger partial charge in [-0.2, -0.15) is 0 Å². The number of ether oxygens (including phenoxy) is 2. The van der Waals surface area contributed by atoms with Crippen LogP contribution in [0.4, 0.5) is 15.9 Å². The van der Waals surface area contributed by atoms with Crippen LogP contribution in [-0.2, 0) is 9.53 Å². The van der Waals surface area contributed by atoms with Gasteiger partial charge in [0.05, 0.1) is 38.1 Å². The number of aromatic nitrogens is 1. The fourth-order valence-corrected chi connectivity index (χ4v) is 2.49. The van der Waals surface area contributed by atoms with Crippen molar-refractivity contribution in [3.05, 3.63) is 48.4 Å². The average Bonchev–Trinajstić information content (AvgIpc) is 2.65. The Morgan fingerprint density at radius 1 is 1.24 bits per heavy atom. The van der Waals surface area contributed by atoms with Gasteiger partial charge in [0.15, 0.2) is 11.6 Å². The highest BCUT2D eigenvalue weighted by atomic mass is 19.1. The van der Waals surface area contributed by atoms with Crippen molar-refractivity contribution >= 4 is 17.4 Å². The van der Waals surface area contributed by atoms with Gasteiger partial charge in [-0.15, -0.1) is 0 Å². The number of anilines is 2. The quantitative estimate of drug-likeness (QED) is 0.871. The van der Waals surface area contributed by atoms with E-state index in [1.807, 2.05) is 6.07 Å². The summed E-state index contributed by atoms with van der Waals surface area (Å²) < 4.78 is 24.0. The zero-order valence-corrected chi connectivity index (χ0v) is 13.8. The summed E-state index contributed by atoms with van der Waals surface area (Å²) in [6.07, 6.45) is 1.85. The van der Waals surface area contributed by atoms with Crippen LogP contribution in [0.2, 0.25) is 0 Å². The second-order valence-corrected chi connectivity index (χ2v) is 5.58. The molecule has 1 amide bonds. The van der Waals surface area contributed by atoms with Crippen LogP contribution in [0.15, 0.2) is 42.6 Å². The second-order valence-electron chi connectivity index (χ2n) is 5.58. The first-order valence-electron chi connectivity index (χ1n) is 8.18. The predicted molar refractivity (Wildman–Crippen MR) is 92.4 cm³/mol. The molecule has 1 aromatic carbocycles. The SMILES string of the molecule is O=C(CCOc1ccccc1F)Nc1ccc(N2CCOCC2)cn1. The molecule has 0 bridgehead atoms. The Morgan fingerprint density at radius 2 is 2.04 bits per heavy atom. The van der Waals surface area contributed by atoms with E-state index in [-0.39, 0.29) is 24.7 Å². The number of morpholine rings is 1. The van der Waals surface area contributed by atoms with Crippen LogP contribution >= 0.6 is 0 Å². The van der Waals surface area contributed by atoms with Gasteiger partial charge >= 0.3 is 0 Å². The van der Waals surface area contributed by atoms with Crippen LogP contribution < -0.4 is 15.0 Å². The second kappa shape index (κ2) is 8.43. The minimum absolute atomic E-state index is 0.0959. The van der Waals surface area contributed by atoms with E-state index >= 15 is 0 Å². The van der Waals surface area contributed by atoms with E-state index in [0.717, 1.165) is 18.8 Å². The van der Waals surface area contributed by atoms with Crippen LogP contribution in [-0.4, -0.2) is 43.8 Å². The summed E-state index contributed by atoms with van der Waals surface area (Å²) in [6, 6.07) is 9.79. The van der Waals surface area contributed by atoms with Gasteiger partial charge in [-0.25, -0.2) is 9.37 Å². The average molecular weight is 345 g/mol. The standard InChI is InChI=1S/C18H20FN3O3/c19-15-3-1-2-4-16(15)25-10-7-18(23)21-17-6-5-14(13-20-17)22-8-11-24-12-9-22/h1-6,13H,7-12H2,(H,20,21,23). The highest BCUT2D eigenvalue weighted by molar-refractivity contribution is 5.89. The molecular weight excluding hydrogens is 325 g/mol. The molecule has 25 heavy (non-hydrogen) atoms. The number of pyridine rings is 1. The maximum atomic E-state index is 13.4. The Hall–Kier alpha value is -2.67. The third kappa shape index (κ3) is 4.90. The highest BCUT2D eigenvalue weighted by Gasteiger charge is 2.12. The van der Waals surface area contributed by atoms with Gasteiger partial charge in [-0.1, -0.05) is 12.1 Å². The summed E-state index contributed by atoms with van der Waals surface area (Å²) in [5.74, 6) is -0.0533. The molecule has 0 aliphatic carbocycles. The van der Waals surface area contributed by atoms with E-state index < -0.39 is 5.82 Å². The zero-order chi connectivity index (χ0) is 17.5. The van der Waals surface area contributed by atoms with Crippen molar-refractivity contribution in [3.63, 3.8) is 0 Å². The van der Waals surface area contributed by atoms with Gasteiger partial charge in [0.25, 0.3) is 0 Å². The normalized spacial score (nSPS) is 14.2. The van der Waals surface area contributed by atoms with E-state index in [2.05, 4.69) is 15.2 Å². The molecule has 0 atom stereocenters. The van der Waals surface area contributed by atoms with Crippen molar-refractivity contribution in [2.45, 2.75) is 6.42 Å². The van der Waals surface area contributed by atoms with Gasteiger partial charge in [-0.05, 0) is 24.3 Å². The molecule has 1 fully saturated rings. The minimum atomic E-state index is -0.441. The minimum Gasteiger partial charge on any atom is -0.490 e. The molecule has 0 saturated carbocycles. The van der Waals surface area contributed by atoms with Crippen molar-refractivity contribution in [2.24, 2.45) is 0 Å². The molecule has 1 aromatic heterocycles. The number of rotatable bonds is 6. The Kier molecular flexibility index (Phi) is 5.79. The highest BCUT2D eigenvalue weighted by Crippen LogP contribution is 2.17. The summed E-state index contributed by atoms with van der Waals surface area (Å²) in [5.41, 5.74) is 1.00. The van der Waals surface area contributed by atoms with E-state index in [9.17, 15) is 9.18 Å². The van der Waals surface area contributed by atoms with E-state index in [1.54, 1.807) is 24.4 Å². The van der Waals surface area contributed by atoms with Gasteiger partial charge in [-0.3, -0.25) is 4.79 Å². The van der Waals surface area contributed by atoms with Crippen molar-refractivity contribution in [1.82, 2.24) is 4.98 Å². The molecule has 0 unspecified atom stereocenters. The fraction of sp³-hybridized carbons (Fsp3) is 0.333. The Labute approximate surface area is 145 Å². The summed E-state index contributed by atoms with van der Waals surface area (Å²) in [4.78, 5) is 18.4. The number of halogens is 1. The maximum absolute atomic E-state index is 13.4. The topological polar surface area (TPSA) is 63.7 Å². The van der Waals surface area contributed by atoms with Crippen LogP contribution in [0.3, 0.4) is 0 Å². The summed E-state index contributed by atoms with van der Waals surface area (Å²) >= 11 is 0. The molecular formula is C18H20FN3O3. The number of carbonyl (C=O) groups excluding carboxylic acids is 1. The Morgan fingerprint density at radius 3 is 2.76 bits per heavy atom. The molecule has 0 spiro atoms. The first-order chi connectivity index (χ1) is 12.2. The van der Waals surface area contributed by atoms with Crippen LogP contribution in [0.5, 0.6) is 5.75 Å². The van der Waals surface area contributed by atoms with Crippen molar-refractivity contribution in [1.29, 1.82) is 0 Å². The van der Waals surface area contributed by atoms with Gasteiger partial charge < -0.3 is 19.7 Å². The Bertz CT molecular complexity index is 703. The van der Waals surface area contributed by atoms with E-state index in [0.29, 0.717) is 19.0 Å². The lowest BCUT2D eigenvalue weighted by atomic mass is 10.3. The maximum Gasteiger partial charge on any atom is 0.228 e. The van der Waals surface area contributed by atoms with Crippen molar-refractivity contribution < 1.29 is 18.7 Å². The molecule has 132 valence electrons. The summed E-state index contributed by atoms with van der Waals surface area (Å²) in [6.45, 7) is 3.18. The van der Waals surface area contributed by atoms with Crippen LogP contribution in [0.25, 0.3) is 0 Å². The number of amides is 1. The monoisotopic (exact) mass is 345 g/mol. The Balaban J connectivity index is 1.45. The number of para-hydroxylation sites is 1. The third-order valence-corrected chi connectivity index (χ3v) is 3.81. The number of hydrogen-bond donors (Lipinski definition) is 1. The van der Waals surface area contributed by atoms with E-state index in [1.165, 1.54) is 12.1 Å². The summed E-state index contributed by atoms with van der Waals surface area (Å²) in [7, 11) is 0. The molecule has 1 aliphatic rings. The molecule has 6 nitrogen and oxygen atoms in total. The first kappa shape index (κ1) is 17.2. The molecule has 1 aliphatic heterocycles. The lowest BCUT2D eigenvalue weighted by molar-refractivity contribution is -0.116. The van der Waals surface area contributed by atoms with Gasteiger partial charge in [0.2, 0.25) is 5.91 Å². The van der Waals surface area contributed by atoms with Crippen molar-refractivity contribution in [3.8, 4) is 5.75 Å². The lowest BCUT2D eigenvalue weighted by Crippen LogP contribution is -2.36. The molecule has 7 heteroatoms. The fourth-order valence-electron chi connectivity index (χ4n) is 2.49. The number of nitrogens with zero attached hydrogens (tertiary/aromatic N) is 2. The van der Waals surface area contributed by atoms with Crippen LogP contribution in [0, 0.1) is 5.82 Å². The van der Waals surface area contributed by atoms with Gasteiger partial charge in [0, 0.05) is 13.1 Å². The zero-order valence-electron chi connectivity index (χ0n) is 13.8. The first-order valence-corrected chi connectivity index (χ1v) is 8.18. The molecule has 3 rings (SSSR count).